The number of anilines is 1. The molecule has 2 N–H and O–H groups in total. The number of nitriles is 1. The van der Waals surface area contributed by atoms with Crippen LogP contribution in [0.1, 0.15) is 11.1 Å². The van der Waals surface area contributed by atoms with Gasteiger partial charge in [-0.3, -0.25) is 9.59 Å². The van der Waals surface area contributed by atoms with Gasteiger partial charge in [0.25, 0.3) is 5.91 Å². The minimum atomic E-state index is -0.972. The number of benzene rings is 2. The van der Waals surface area contributed by atoms with Gasteiger partial charge in [0.05, 0.1) is 0 Å². The summed E-state index contributed by atoms with van der Waals surface area (Å²) in [5, 5.41) is 22.1. The van der Waals surface area contributed by atoms with Crippen LogP contribution in [0.25, 0.3) is 17.0 Å². The summed E-state index contributed by atoms with van der Waals surface area (Å²) in [6, 6.07) is 14.6. The molecule has 6 nitrogen and oxygen atoms in total. The highest BCUT2D eigenvalue weighted by atomic mass is 79.9. The number of carboxylic acid groups (broad SMARTS) is 1. The zero-order chi connectivity index (χ0) is 20.3. The Hall–Kier alpha value is -3.37. The topological polar surface area (TPSA) is 95.1 Å². The Bertz CT molecular complexity index is 1160. The number of nitrogens with one attached hydrogen (secondary N) is 1. The number of aryl methyl sites for hydroxylation is 1. The molecule has 28 heavy (non-hydrogen) atoms. The zero-order valence-electron chi connectivity index (χ0n) is 14.9. The molecule has 0 spiro atoms. The lowest BCUT2D eigenvalue weighted by molar-refractivity contribution is -0.137. The van der Waals surface area contributed by atoms with Gasteiger partial charge >= 0.3 is 5.97 Å². The molecule has 0 radical (unpaired) electrons. The first-order valence-electron chi connectivity index (χ1n) is 8.38. The van der Waals surface area contributed by atoms with Crippen LogP contribution in [0.4, 0.5) is 5.69 Å². The summed E-state index contributed by atoms with van der Waals surface area (Å²) in [6.45, 7) is 1.65. The standard InChI is InChI=1S/C21H16BrN3O3/c1-13-8-16(22)6-7-18(13)24-21(28)14(10-23)9-15-11-25(12-20(26)27)19-5-3-2-4-17(15)19/h2-9,11H,12H2,1H3,(H,24,28)(H,26,27)/b14-9+. The Morgan fingerprint density at radius 3 is 2.71 bits per heavy atom. The Morgan fingerprint density at radius 1 is 1.29 bits per heavy atom. The molecule has 7 heteroatoms. The van der Waals surface area contributed by atoms with Crippen molar-refractivity contribution < 1.29 is 14.7 Å². The average molecular weight is 438 g/mol. The highest BCUT2D eigenvalue weighted by Gasteiger charge is 2.14. The van der Waals surface area contributed by atoms with Gasteiger partial charge in [0.15, 0.2) is 0 Å². The molecule has 0 saturated carbocycles. The number of para-hydroxylation sites is 1. The average Bonchev–Trinajstić information content (AvgIpc) is 2.99. The molecule has 140 valence electrons. The molecule has 0 aliphatic rings. The van der Waals surface area contributed by atoms with Crippen molar-refractivity contribution in [2.24, 2.45) is 0 Å². The third-order valence-electron chi connectivity index (χ3n) is 4.23. The fourth-order valence-electron chi connectivity index (χ4n) is 2.93. The number of hydrogen-bond donors (Lipinski definition) is 2. The first kappa shape index (κ1) is 19.4. The quantitative estimate of drug-likeness (QED) is 0.458. The van der Waals surface area contributed by atoms with Crippen molar-refractivity contribution in [3.63, 3.8) is 0 Å². The molecule has 0 saturated heterocycles. The van der Waals surface area contributed by atoms with E-state index in [1.165, 1.54) is 6.08 Å². The summed E-state index contributed by atoms with van der Waals surface area (Å²) in [5.41, 5.74) is 2.73. The second kappa shape index (κ2) is 8.11. The van der Waals surface area contributed by atoms with Crippen molar-refractivity contribution in [1.82, 2.24) is 4.57 Å². The van der Waals surface area contributed by atoms with Crippen LogP contribution in [-0.4, -0.2) is 21.6 Å². The van der Waals surface area contributed by atoms with Crippen LogP contribution in [0.15, 0.2) is 58.7 Å². The number of rotatable bonds is 5. The third-order valence-corrected chi connectivity index (χ3v) is 4.72. The van der Waals surface area contributed by atoms with E-state index in [9.17, 15) is 14.9 Å². The molecular weight excluding hydrogens is 422 g/mol. The number of amides is 1. The molecule has 0 fully saturated rings. The van der Waals surface area contributed by atoms with Gasteiger partial charge in [0, 0.05) is 32.8 Å². The molecule has 1 aromatic heterocycles. The Kier molecular flexibility index (Phi) is 5.62. The van der Waals surface area contributed by atoms with Crippen molar-refractivity contribution >= 4 is 50.5 Å². The van der Waals surface area contributed by atoms with Crippen molar-refractivity contribution in [2.45, 2.75) is 13.5 Å². The van der Waals surface area contributed by atoms with Gasteiger partial charge in [-0.25, -0.2) is 0 Å². The van der Waals surface area contributed by atoms with Gasteiger partial charge in [-0.2, -0.15) is 5.26 Å². The number of nitrogens with zero attached hydrogens (tertiary/aromatic N) is 2. The molecule has 3 rings (SSSR count). The van der Waals surface area contributed by atoms with Crippen LogP contribution in [0.3, 0.4) is 0 Å². The lowest BCUT2D eigenvalue weighted by Gasteiger charge is -2.08. The summed E-state index contributed by atoms with van der Waals surface area (Å²) in [7, 11) is 0. The molecular formula is C21H16BrN3O3. The van der Waals surface area contributed by atoms with Crippen molar-refractivity contribution in [2.75, 3.05) is 5.32 Å². The summed E-state index contributed by atoms with van der Waals surface area (Å²) in [6.07, 6.45) is 3.11. The van der Waals surface area contributed by atoms with Crippen molar-refractivity contribution in [1.29, 1.82) is 5.26 Å². The predicted octanol–water partition coefficient (Wildman–Crippen LogP) is 4.34. The molecule has 2 aromatic carbocycles. The van der Waals surface area contributed by atoms with E-state index in [-0.39, 0.29) is 12.1 Å². The van der Waals surface area contributed by atoms with E-state index in [4.69, 9.17) is 5.11 Å². The van der Waals surface area contributed by atoms with Crippen LogP contribution >= 0.6 is 15.9 Å². The number of fused-ring (bicyclic) bond motifs is 1. The van der Waals surface area contributed by atoms with E-state index in [1.54, 1.807) is 29.0 Å². The second-order valence-corrected chi connectivity index (χ2v) is 7.12. The molecule has 0 bridgehead atoms. The SMILES string of the molecule is Cc1cc(Br)ccc1NC(=O)/C(C#N)=C/c1cn(CC(=O)O)c2ccccc12. The highest BCUT2D eigenvalue weighted by molar-refractivity contribution is 9.10. The number of aromatic nitrogens is 1. The normalized spacial score (nSPS) is 11.2. The molecule has 0 aliphatic heterocycles. The van der Waals surface area contributed by atoms with Gasteiger partial charge in [0.2, 0.25) is 0 Å². The smallest absolute Gasteiger partial charge is 0.323 e. The van der Waals surface area contributed by atoms with E-state index < -0.39 is 11.9 Å². The number of carbonyl (C=O) groups excluding carboxylic acids is 1. The van der Waals surface area contributed by atoms with Gasteiger partial charge in [-0.1, -0.05) is 34.1 Å². The minimum absolute atomic E-state index is 0.0689. The van der Waals surface area contributed by atoms with E-state index in [2.05, 4.69) is 21.2 Å². The molecule has 3 aromatic rings. The van der Waals surface area contributed by atoms with Gasteiger partial charge < -0.3 is 15.0 Å². The number of hydrogen-bond acceptors (Lipinski definition) is 3. The molecule has 1 heterocycles. The monoisotopic (exact) mass is 437 g/mol. The number of carboxylic acids is 1. The van der Waals surface area contributed by atoms with Gasteiger partial charge in [-0.15, -0.1) is 0 Å². The van der Waals surface area contributed by atoms with E-state index in [0.29, 0.717) is 11.3 Å². The number of halogens is 1. The summed E-state index contributed by atoms with van der Waals surface area (Å²) in [4.78, 5) is 23.7. The summed E-state index contributed by atoms with van der Waals surface area (Å²) in [5.74, 6) is -1.50. The van der Waals surface area contributed by atoms with Gasteiger partial charge in [-0.05, 0) is 42.8 Å². The maximum absolute atomic E-state index is 12.6. The Balaban J connectivity index is 1.97. The lowest BCUT2D eigenvalue weighted by atomic mass is 10.1. The fourth-order valence-corrected chi connectivity index (χ4v) is 3.40. The van der Waals surface area contributed by atoms with Crippen LogP contribution in [0.5, 0.6) is 0 Å². The zero-order valence-corrected chi connectivity index (χ0v) is 16.5. The summed E-state index contributed by atoms with van der Waals surface area (Å²) >= 11 is 3.37. The van der Waals surface area contributed by atoms with E-state index in [0.717, 1.165) is 20.9 Å². The van der Waals surface area contributed by atoms with Crippen LogP contribution in [-0.2, 0) is 16.1 Å². The lowest BCUT2D eigenvalue weighted by Crippen LogP contribution is -2.14. The molecule has 0 aliphatic carbocycles. The molecule has 0 unspecified atom stereocenters. The third kappa shape index (κ3) is 4.13. The first-order valence-corrected chi connectivity index (χ1v) is 9.17. The Morgan fingerprint density at radius 2 is 2.04 bits per heavy atom. The fraction of sp³-hybridized carbons (Fsp3) is 0.0952. The van der Waals surface area contributed by atoms with Crippen LogP contribution in [0, 0.1) is 18.3 Å². The second-order valence-electron chi connectivity index (χ2n) is 6.21. The Labute approximate surface area is 169 Å². The summed E-state index contributed by atoms with van der Waals surface area (Å²) < 4.78 is 2.47. The van der Waals surface area contributed by atoms with Crippen molar-refractivity contribution in [3.05, 3.63) is 69.8 Å². The maximum Gasteiger partial charge on any atom is 0.323 e. The molecule has 0 atom stereocenters. The predicted molar refractivity (Wildman–Crippen MR) is 111 cm³/mol. The minimum Gasteiger partial charge on any atom is -0.480 e. The molecule has 1 amide bonds. The van der Waals surface area contributed by atoms with Crippen molar-refractivity contribution in [3.8, 4) is 6.07 Å². The van der Waals surface area contributed by atoms with E-state index >= 15 is 0 Å². The number of aliphatic carboxylic acids is 1. The number of carbonyl (C=O) groups is 2. The van der Waals surface area contributed by atoms with Gasteiger partial charge in [0.1, 0.15) is 18.2 Å². The maximum atomic E-state index is 12.6. The largest absolute Gasteiger partial charge is 0.480 e. The highest BCUT2D eigenvalue weighted by Crippen LogP contribution is 2.25. The van der Waals surface area contributed by atoms with Crippen LogP contribution in [0.2, 0.25) is 0 Å². The van der Waals surface area contributed by atoms with Crippen LogP contribution < -0.4 is 5.32 Å². The first-order chi connectivity index (χ1) is 13.4. The van der Waals surface area contributed by atoms with E-state index in [1.807, 2.05) is 37.3 Å².